The largest absolute Gasteiger partial charge is 0.325 e. The van der Waals surface area contributed by atoms with Gasteiger partial charge in [-0.25, -0.2) is 0 Å². The molecule has 140 valence electrons. The number of para-hydroxylation sites is 1. The average Bonchev–Trinajstić information content (AvgIpc) is 2.99. The number of hydrogen-bond acceptors (Lipinski definition) is 3. The Morgan fingerprint density at radius 3 is 2.52 bits per heavy atom. The minimum absolute atomic E-state index is 0.240. The Kier molecular flexibility index (Phi) is 5.96. The predicted octanol–water partition coefficient (Wildman–Crippen LogP) is 4.16. The van der Waals surface area contributed by atoms with E-state index in [-0.39, 0.29) is 17.7 Å². The van der Waals surface area contributed by atoms with Crippen LogP contribution in [0.4, 0.5) is 17.1 Å². The Hall–Kier alpha value is -2.19. The minimum atomic E-state index is -0.777. The molecule has 0 spiro atoms. The van der Waals surface area contributed by atoms with Gasteiger partial charge >= 0.3 is 0 Å². The number of nitrogens with zero attached hydrogens (tertiary/aromatic N) is 1. The smallest absolute Gasteiger partial charge is 0.239 e. The number of amides is 3. The molecule has 1 atom stereocenters. The highest BCUT2D eigenvalue weighted by Crippen LogP contribution is 2.33. The third-order valence-corrected chi connectivity index (χ3v) is 5.38. The van der Waals surface area contributed by atoms with Crippen LogP contribution in [0.1, 0.15) is 13.3 Å². The highest BCUT2D eigenvalue weighted by molar-refractivity contribution is 9.10. The van der Waals surface area contributed by atoms with Gasteiger partial charge in [-0.05, 0) is 52.7 Å². The lowest BCUT2D eigenvalue weighted by atomic mass is 10.1. The molecule has 3 amide bonds. The van der Waals surface area contributed by atoms with Crippen LogP contribution >= 0.6 is 31.9 Å². The lowest BCUT2D eigenvalue weighted by Crippen LogP contribution is -2.33. The van der Waals surface area contributed by atoms with Crippen molar-refractivity contribution in [2.75, 3.05) is 22.1 Å². The number of carbonyl (C=O) groups is 3. The first-order valence-electron chi connectivity index (χ1n) is 8.30. The first-order valence-corrected chi connectivity index (χ1v) is 9.89. The first-order chi connectivity index (χ1) is 12.9. The Balaban J connectivity index is 1.78. The number of halogens is 2. The van der Waals surface area contributed by atoms with Crippen LogP contribution in [0.5, 0.6) is 0 Å². The van der Waals surface area contributed by atoms with Crippen molar-refractivity contribution in [3.8, 4) is 0 Å². The van der Waals surface area contributed by atoms with Gasteiger partial charge in [-0.15, -0.1) is 0 Å². The zero-order valence-corrected chi connectivity index (χ0v) is 17.6. The van der Waals surface area contributed by atoms with Crippen molar-refractivity contribution in [2.45, 2.75) is 13.3 Å². The van der Waals surface area contributed by atoms with Gasteiger partial charge in [0.15, 0.2) is 0 Å². The van der Waals surface area contributed by atoms with E-state index in [0.717, 1.165) is 14.6 Å². The molecule has 1 unspecified atom stereocenters. The normalized spacial score (nSPS) is 16.3. The molecule has 2 aromatic carbocycles. The Morgan fingerprint density at radius 2 is 1.81 bits per heavy atom. The summed E-state index contributed by atoms with van der Waals surface area (Å²) in [6, 6.07) is 12.6. The summed E-state index contributed by atoms with van der Waals surface area (Å²) in [5.74, 6) is -1.65. The van der Waals surface area contributed by atoms with E-state index in [2.05, 4.69) is 42.5 Å². The summed E-state index contributed by atoms with van der Waals surface area (Å²) in [5, 5.41) is 5.45. The van der Waals surface area contributed by atoms with Gasteiger partial charge in [-0.1, -0.05) is 28.1 Å². The fourth-order valence-corrected chi connectivity index (χ4v) is 3.83. The summed E-state index contributed by atoms with van der Waals surface area (Å²) < 4.78 is 1.55. The average molecular weight is 495 g/mol. The molecule has 6 nitrogen and oxygen atoms in total. The fourth-order valence-electron chi connectivity index (χ4n) is 2.97. The molecule has 1 fully saturated rings. The third kappa shape index (κ3) is 4.39. The lowest BCUT2D eigenvalue weighted by molar-refractivity contribution is -0.129. The maximum absolute atomic E-state index is 12.8. The molecule has 1 heterocycles. The molecule has 8 heteroatoms. The van der Waals surface area contributed by atoms with Crippen molar-refractivity contribution in [2.24, 2.45) is 5.92 Å². The van der Waals surface area contributed by atoms with Crippen LogP contribution in [0, 0.1) is 5.92 Å². The van der Waals surface area contributed by atoms with Crippen molar-refractivity contribution in [3.63, 3.8) is 0 Å². The number of hydrogen-bond donors (Lipinski definition) is 2. The van der Waals surface area contributed by atoms with E-state index >= 15 is 0 Å². The summed E-state index contributed by atoms with van der Waals surface area (Å²) in [6.07, 6.45) is 0.426. The Bertz CT molecular complexity index is 917. The van der Waals surface area contributed by atoms with E-state index in [1.807, 2.05) is 24.3 Å². The van der Waals surface area contributed by atoms with Gasteiger partial charge in [0.05, 0.1) is 17.1 Å². The summed E-state index contributed by atoms with van der Waals surface area (Å²) >= 11 is 6.80. The molecule has 0 radical (unpaired) electrons. The fraction of sp³-hybridized carbons (Fsp3) is 0.211. The molecule has 0 bridgehead atoms. The molecular weight excluding hydrogens is 478 g/mol. The second-order valence-corrected chi connectivity index (χ2v) is 7.91. The Labute approximate surface area is 173 Å². The van der Waals surface area contributed by atoms with Crippen LogP contribution in [-0.2, 0) is 14.4 Å². The molecule has 2 aromatic rings. The van der Waals surface area contributed by atoms with Crippen molar-refractivity contribution < 1.29 is 14.4 Å². The van der Waals surface area contributed by atoms with E-state index in [9.17, 15) is 14.4 Å². The molecule has 27 heavy (non-hydrogen) atoms. The molecule has 2 N–H and O–H groups in total. The maximum Gasteiger partial charge on any atom is 0.239 e. The van der Waals surface area contributed by atoms with Crippen LogP contribution in [0.2, 0.25) is 0 Å². The van der Waals surface area contributed by atoms with E-state index in [1.165, 1.54) is 6.92 Å². The molecule has 3 rings (SSSR count). The molecule has 1 saturated heterocycles. The molecule has 0 saturated carbocycles. The quantitative estimate of drug-likeness (QED) is 0.626. The highest BCUT2D eigenvalue weighted by atomic mass is 79.9. The molecule has 1 aliphatic rings. The maximum atomic E-state index is 12.8. The van der Waals surface area contributed by atoms with Crippen LogP contribution < -0.4 is 15.5 Å². The number of carbonyl (C=O) groups excluding carboxylic acids is 3. The number of anilines is 3. The van der Waals surface area contributed by atoms with E-state index in [0.29, 0.717) is 24.3 Å². The van der Waals surface area contributed by atoms with Gasteiger partial charge < -0.3 is 15.5 Å². The summed E-state index contributed by atoms with van der Waals surface area (Å²) in [7, 11) is 0. The standard InChI is InChI=1S/C19H17Br2N3O3/c1-11(25)22-15-7-6-12(20)10-16(15)23-18(26)13-8-9-24(19(13)27)17-5-3-2-4-14(17)21/h2-7,10,13H,8-9H2,1H3,(H,22,25)(H,23,26). The van der Waals surface area contributed by atoms with Gasteiger partial charge in [0.2, 0.25) is 17.7 Å². The van der Waals surface area contributed by atoms with Crippen molar-refractivity contribution in [3.05, 3.63) is 51.4 Å². The molecule has 0 aromatic heterocycles. The lowest BCUT2D eigenvalue weighted by Gasteiger charge is -2.18. The number of nitrogens with one attached hydrogen (secondary N) is 2. The van der Waals surface area contributed by atoms with Crippen molar-refractivity contribution in [1.29, 1.82) is 0 Å². The van der Waals surface area contributed by atoms with Crippen molar-refractivity contribution >= 4 is 66.6 Å². The second-order valence-electron chi connectivity index (χ2n) is 6.14. The molecular formula is C19H17Br2N3O3. The van der Waals surface area contributed by atoms with E-state index in [4.69, 9.17) is 0 Å². The monoisotopic (exact) mass is 493 g/mol. The third-order valence-electron chi connectivity index (χ3n) is 4.22. The Morgan fingerprint density at radius 1 is 1.07 bits per heavy atom. The first kappa shape index (κ1) is 19.6. The van der Waals surface area contributed by atoms with Crippen LogP contribution in [0.3, 0.4) is 0 Å². The van der Waals surface area contributed by atoms with Crippen LogP contribution in [-0.4, -0.2) is 24.3 Å². The van der Waals surface area contributed by atoms with Gasteiger partial charge in [0, 0.05) is 22.4 Å². The summed E-state index contributed by atoms with van der Waals surface area (Å²) in [6.45, 7) is 1.86. The molecule has 0 aliphatic carbocycles. The van der Waals surface area contributed by atoms with Gasteiger partial charge in [-0.2, -0.15) is 0 Å². The second kappa shape index (κ2) is 8.22. The van der Waals surface area contributed by atoms with Gasteiger partial charge in [0.1, 0.15) is 5.92 Å². The zero-order valence-electron chi connectivity index (χ0n) is 14.5. The van der Waals surface area contributed by atoms with Gasteiger partial charge in [0.25, 0.3) is 0 Å². The van der Waals surface area contributed by atoms with Gasteiger partial charge in [-0.3, -0.25) is 14.4 Å². The molecule has 1 aliphatic heterocycles. The zero-order chi connectivity index (χ0) is 19.6. The predicted molar refractivity (Wildman–Crippen MR) is 112 cm³/mol. The summed E-state index contributed by atoms with van der Waals surface area (Å²) in [4.78, 5) is 38.5. The van der Waals surface area contributed by atoms with Crippen molar-refractivity contribution in [1.82, 2.24) is 0 Å². The van der Waals surface area contributed by atoms with Crippen LogP contribution in [0.25, 0.3) is 0 Å². The van der Waals surface area contributed by atoms with E-state index in [1.54, 1.807) is 23.1 Å². The summed E-state index contributed by atoms with van der Waals surface area (Å²) in [5.41, 5.74) is 1.67. The SMILES string of the molecule is CC(=O)Nc1ccc(Br)cc1NC(=O)C1CCN(c2ccccc2Br)C1=O. The highest BCUT2D eigenvalue weighted by Gasteiger charge is 2.38. The van der Waals surface area contributed by atoms with E-state index < -0.39 is 5.92 Å². The number of rotatable bonds is 4. The number of benzene rings is 2. The minimum Gasteiger partial charge on any atom is -0.325 e. The van der Waals surface area contributed by atoms with Crippen LogP contribution in [0.15, 0.2) is 51.4 Å². The topological polar surface area (TPSA) is 78.5 Å².